The Morgan fingerprint density at radius 3 is 2.59 bits per heavy atom. The summed E-state index contributed by atoms with van der Waals surface area (Å²) >= 11 is 0. The maximum absolute atomic E-state index is 13.3. The standard InChI is InChI=1S/C30H43NO8/c1-27(2,3)39-26(36)31-14-6-7-24(35)38-17-23(34)30(37)13-11-21-20-9-8-18-15-19(32)10-12-28(18,4)25(20)22(33)16-29(21,30)5/h10,12,15,20-22,25,33,37H,6-9,11,13-14,16-17H2,1-5H3,(H,31,36)/t20-,21-,22-,25+,28-,29-,30-/m0/s1. The zero-order valence-electron chi connectivity index (χ0n) is 23.7. The molecule has 4 rings (SSSR count). The van der Waals surface area contributed by atoms with Crippen LogP contribution in [0.3, 0.4) is 0 Å². The molecule has 3 fully saturated rings. The summed E-state index contributed by atoms with van der Waals surface area (Å²) in [6.07, 6.45) is 6.94. The van der Waals surface area contributed by atoms with Crippen LogP contribution in [-0.4, -0.2) is 64.3 Å². The molecule has 7 atom stereocenters. The van der Waals surface area contributed by atoms with E-state index in [2.05, 4.69) is 12.2 Å². The topological polar surface area (TPSA) is 139 Å². The minimum Gasteiger partial charge on any atom is -0.458 e. The van der Waals surface area contributed by atoms with Crippen molar-refractivity contribution in [1.29, 1.82) is 0 Å². The largest absolute Gasteiger partial charge is 0.458 e. The molecule has 1 amide bonds. The molecule has 39 heavy (non-hydrogen) atoms. The first-order chi connectivity index (χ1) is 18.1. The summed E-state index contributed by atoms with van der Waals surface area (Å²) in [5.74, 6) is -1.11. The SMILES string of the molecule is CC(C)(C)OC(=O)NCCCC(=O)OCC(=O)[C@@]1(O)CC[C@H]2[C@@H]3CCC4=CC(=O)C=C[C@]4(C)[C@H]3[C@@H](O)C[C@@]21C. The zero-order valence-corrected chi connectivity index (χ0v) is 23.7. The van der Waals surface area contributed by atoms with Crippen molar-refractivity contribution in [2.24, 2.45) is 28.6 Å². The number of aliphatic hydroxyl groups is 2. The first-order valence-corrected chi connectivity index (χ1v) is 14.1. The highest BCUT2D eigenvalue weighted by Crippen LogP contribution is 2.67. The number of nitrogens with one attached hydrogen (secondary N) is 1. The number of ether oxygens (including phenoxy) is 2. The van der Waals surface area contributed by atoms with Gasteiger partial charge in [-0.3, -0.25) is 14.4 Å². The number of aliphatic hydroxyl groups excluding tert-OH is 1. The van der Waals surface area contributed by atoms with Gasteiger partial charge < -0.3 is 25.0 Å². The minimum absolute atomic E-state index is 0.00826. The number of fused-ring (bicyclic) bond motifs is 5. The van der Waals surface area contributed by atoms with Crippen LogP contribution in [0.2, 0.25) is 0 Å². The predicted octanol–water partition coefficient (Wildman–Crippen LogP) is 3.41. The van der Waals surface area contributed by atoms with Crippen LogP contribution in [-0.2, 0) is 23.9 Å². The van der Waals surface area contributed by atoms with Crippen LogP contribution >= 0.6 is 0 Å². The van der Waals surface area contributed by atoms with E-state index in [9.17, 15) is 29.4 Å². The summed E-state index contributed by atoms with van der Waals surface area (Å²) in [5, 5.41) is 25.8. The van der Waals surface area contributed by atoms with E-state index in [0.29, 0.717) is 12.8 Å². The number of alkyl carbamates (subject to hydrolysis) is 1. The quantitative estimate of drug-likeness (QED) is 0.327. The Hall–Kier alpha value is -2.52. The van der Waals surface area contributed by atoms with Gasteiger partial charge in [0.05, 0.1) is 6.10 Å². The molecule has 0 spiro atoms. The fourth-order valence-electron chi connectivity index (χ4n) is 7.86. The second kappa shape index (κ2) is 10.5. The lowest BCUT2D eigenvalue weighted by Crippen LogP contribution is -2.61. The average molecular weight is 546 g/mol. The smallest absolute Gasteiger partial charge is 0.407 e. The first-order valence-electron chi connectivity index (χ1n) is 14.1. The average Bonchev–Trinajstić information content (AvgIpc) is 3.10. The molecule has 0 unspecified atom stereocenters. The number of amides is 1. The van der Waals surface area contributed by atoms with Gasteiger partial charge in [-0.25, -0.2) is 4.79 Å². The van der Waals surface area contributed by atoms with Crippen LogP contribution in [0.5, 0.6) is 0 Å². The van der Waals surface area contributed by atoms with E-state index in [0.717, 1.165) is 18.4 Å². The van der Waals surface area contributed by atoms with E-state index < -0.39 is 52.6 Å². The Morgan fingerprint density at radius 1 is 1.18 bits per heavy atom. The monoisotopic (exact) mass is 545 g/mol. The molecule has 3 saturated carbocycles. The molecule has 0 aromatic carbocycles. The highest BCUT2D eigenvalue weighted by atomic mass is 16.6. The van der Waals surface area contributed by atoms with E-state index >= 15 is 0 Å². The van der Waals surface area contributed by atoms with Crippen LogP contribution in [0.1, 0.15) is 79.6 Å². The number of carbonyl (C=O) groups excluding carboxylic acids is 4. The normalized spacial score (nSPS) is 37.2. The van der Waals surface area contributed by atoms with Gasteiger partial charge in [-0.1, -0.05) is 25.5 Å². The molecule has 4 aliphatic rings. The second-order valence-corrected chi connectivity index (χ2v) is 13.2. The molecule has 9 heteroatoms. The van der Waals surface area contributed by atoms with Crippen molar-refractivity contribution in [3.63, 3.8) is 0 Å². The third-order valence-electron chi connectivity index (χ3n) is 9.70. The zero-order chi connectivity index (χ0) is 28.8. The van der Waals surface area contributed by atoms with Crippen molar-refractivity contribution in [2.45, 2.75) is 96.9 Å². The van der Waals surface area contributed by atoms with Crippen molar-refractivity contribution in [3.05, 3.63) is 23.8 Å². The highest BCUT2D eigenvalue weighted by molar-refractivity contribution is 6.01. The van der Waals surface area contributed by atoms with Gasteiger partial charge in [0.1, 0.15) is 11.2 Å². The number of hydrogen-bond donors (Lipinski definition) is 3. The third-order valence-corrected chi connectivity index (χ3v) is 9.70. The Balaban J connectivity index is 1.35. The summed E-state index contributed by atoms with van der Waals surface area (Å²) in [4.78, 5) is 49.3. The Morgan fingerprint density at radius 2 is 1.90 bits per heavy atom. The molecule has 9 nitrogen and oxygen atoms in total. The Labute approximate surface area is 230 Å². The van der Waals surface area contributed by atoms with Crippen molar-refractivity contribution >= 4 is 23.6 Å². The molecule has 0 radical (unpaired) electrons. The molecule has 3 N–H and O–H groups in total. The number of ketones is 2. The summed E-state index contributed by atoms with van der Waals surface area (Å²) in [6.45, 7) is 8.94. The van der Waals surface area contributed by atoms with Gasteiger partial charge in [0.25, 0.3) is 0 Å². The summed E-state index contributed by atoms with van der Waals surface area (Å²) in [5.41, 5.74) is -2.53. The number of hydrogen-bond acceptors (Lipinski definition) is 8. The van der Waals surface area contributed by atoms with Gasteiger partial charge >= 0.3 is 12.1 Å². The molecule has 216 valence electrons. The Bertz CT molecular complexity index is 1090. The van der Waals surface area contributed by atoms with Crippen LogP contribution < -0.4 is 5.32 Å². The fraction of sp³-hybridized carbons (Fsp3) is 0.733. The lowest BCUT2D eigenvalue weighted by atomic mass is 9.46. The number of Topliss-reactive ketones (excluding diaryl/α,β-unsaturated/α-hetero) is 1. The number of allylic oxidation sites excluding steroid dienone is 4. The van der Waals surface area contributed by atoms with Gasteiger partial charge in [0.15, 0.2) is 12.4 Å². The van der Waals surface area contributed by atoms with Gasteiger partial charge in [-0.2, -0.15) is 0 Å². The van der Waals surface area contributed by atoms with E-state index in [-0.39, 0.29) is 49.3 Å². The van der Waals surface area contributed by atoms with Crippen LogP contribution in [0, 0.1) is 28.6 Å². The van der Waals surface area contributed by atoms with E-state index in [1.165, 1.54) is 0 Å². The van der Waals surface area contributed by atoms with Crippen LogP contribution in [0.15, 0.2) is 23.8 Å². The van der Waals surface area contributed by atoms with Crippen molar-refractivity contribution < 1.29 is 38.9 Å². The van der Waals surface area contributed by atoms with Crippen molar-refractivity contribution in [3.8, 4) is 0 Å². The third kappa shape index (κ3) is 5.44. The fourth-order valence-corrected chi connectivity index (χ4v) is 7.86. The minimum atomic E-state index is -1.70. The van der Waals surface area contributed by atoms with E-state index in [1.54, 1.807) is 32.9 Å². The summed E-state index contributed by atoms with van der Waals surface area (Å²) in [7, 11) is 0. The molecule has 0 aliphatic heterocycles. The summed E-state index contributed by atoms with van der Waals surface area (Å²) < 4.78 is 10.4. The predicted molar refractivity (Wildman–Crippen MR) is 142 cm³/mol. The Kier molecular flexibility index (Phi) is 7.91. The van der Waals surface area contributed by atoms with Crippen molar-refractivity contribution in [1.82, 2.24) is 5.32 Å². The first kappa shape index (κ1) is 29.5. The number of rotatable bonds is 7. The maximum atomic E-state index is 13.3. The second-order valence-electron chi connectivity index (χ2n) is 13.2. The molecule has 0 bridgehead atoms. The van der Waals surface area contributed by atoms with Crippen LogP contribution in [0.25, 0.3) is 0 Å². The molecule has 0 heterocycles. The van der Waals surface area contributed by atoms with Crippen LogP contribution in [0.4, 0.5) is 4.79 Å². The van der Waals surface area contributed by atoms with Gasteiger partial charge in [-0.05, 0) is 83.3 Å². The number of esters is 1. The lowest BCUT2D eigenvalue weighted by Gasteiger charge is -2.59. The van der Waals surface area contributed by atoms with Crippen molar-refractivity contribution in [2.75, 3.05) is 13.2 Å². The van der Waals surface area contributed by atoms with Gasteiger partial charge in [0, 0.05) is 29.7 Å². The van der Waals surface area contributed by atoms with E-state index in [1.807, 2.05) is 13.0 Å². The summed E-state index contributed by atoms with van der Waals surface area (Å²) in [6, 6.07) is 0. The van der Waals surface area contributed by atoms with Gasteiger partial charge in [0.2, 0.25) is 5.78 Å². The van der Waals surface area contributed by atoms with Gasteiger partial charge in [-0.15, -0.1) is 0 Å². The number of carbonyl (C=O) groups is 4. The molecular formula is C30H43NO8. The van der Waals surface area contributed by atoms with E-state index in [4.69, 9.17) is 9.47 Å². The molecule has 0 aromatic rings. The molecule has 4 aliphatic carbocycles. The molecule has 0 saturated heterocycles. The molecular weight excluding hydrogens is 502 g/mol. The highest BCUT2D eigenvalue weighted by Gasteiger charge is 2.68. The maximum Gasteiger partial charge on any atom is 0.407 e. The lowest BCUT2D eigenvalue weighted by molar-refractivity contribution is -0.181. The molecule has 0 aromatic heterocycles.